The molecule has 2 nitrogen and oxygen atoms in total. The van der Waals surface area contributed by atoms with Gasteiger partial charge in [-0.2, -0.15) is 0 Å². The van der Waals surface area contributed by atoms with E-state index in [1.807, 2.05) is 0 Å². The maximum Gasteiger partial charge on any atom is 0.225 e. The molecule has 0 saturated heterocycles. The third-order valence-electron chi connectivity index (χ3n) is 1.45. The van der Waals surface area contributed by atoms with Gasteiger partial charge in [0, 0.05) is 0 Å². The van der Waals surface area contributed by atoms with Crippen molar-refractivity contribution in [2.24, 2.45) is 0 Å². The summed E-state index contributed by atoms with van der Waals surface area (Å²) in [5, 5.41) is -0.310. The molecule has 0 aromatic heterocycles. The number of carbonyl (C=O) groups excluding carboxylic acids is 1. The first-order valence-corrected chi connectivity index (χ1v) is 4.61. The largest absolute Gasteiger partial charge is 0.492 e. The quantitative estimate of drug-likeness (QED) is 0.752. The van der Waals surface area contributed by atoms with Gasteiger partial charge in [0.2, 0.25) is 5.24 Å². The average molecular weight is 237 g/mol. The first kappa shape index (κ1) is 11.3. The Morgan fingerprint density at radius 2 is 2.21 bits per heavy atom. The summed E-state index contributed by atoms with van der Waals surface area (Å²) in [5.74, 6) is -0.0956. The van der Waals surface area contributed by atoms with E-state index >= 15 is 0 Å². The fraction of sp³-hybridized carbons (Fsp3) is 0.222. The zero-order valence-corrected chi connectivity index (χ0v) is 8.61. The van der Waals surface area contributed by atoms with E-state index in [4.69, 9.17) is 27.9 Å². The predicted molar refractivity (Wildman–Crippen MR) is 52.4 cm³/mol. The zero-order chi connectivity index (χ0) is 10.6. The number of hydrogen-bond donors (Lipinski definition) is 0. The fourth-order valence-electron chi connectivity index (χ4n) is 0.833. The van der Waals surface area contributed by atoms with Gasteiger partial charge in [-0.3, -0.25) is 4.79 Å². The molecule has 0 N–H and O–H groups in total. The van der Waals surface area contributed by atoms with E-state index in [1.165, 1.54) is 12.1 Å². The van der Waals surface area contributed by atoms with Gasteiger partial charge in [0.05, 0.1) is 18.1 Å². The fourth-order valence-corrected chi connectivity index (χ4v) is 1.13. The Labute approximate surface area is 90.6 Å². The molecule has 0 spiro atoms. The normalized spacial score (nSPS) is 9.93. The number of hydrogen-bond acceptors (Lipinski definition) is 2. The van der Waals surface area contributed by atoms with Crippen LogP contribution in [0.3, 0.4) is 0 Å². The average Bonchev–Trinajstić information content (AvgIpc) is 2.08. The lowest BCUT2D eigenvalue weighted by atomic mass is 10.3. The Hall–Kier alpha value is -0.800. The molecule has 5 heteroatoms. The lowest BCUT2D eigenvalue weighted by Gasteiger charge is -2.05. The zero-order valence-electron chi connectivity index (χ0n) is 7.10. The monoisotopic (exact) mass is 236 g/mol. The van der Waals surface area contributed by atoms with Crippen molar-refractivity contribution in [2.75, 3.05) is 6.61 Å². The Balaban J connectivity index is 2.55. The topological polar surface area (TPSA) is 26.3 Å². The minimum absolute atomic E-state index is 0.0925. The second kappa shape index (κ2) is 5.17. The summed E-state index contributed by atoms with van der Waals surface area (Å²) < 4.78 is 17.7. The van der Waals surface area contributed by atoms with Crippen molar-refractivity contribution in [3.8, 4) is 5.75 Å². The highest BCUT2D eigenvalue weighted by molar-refractivity contribution is 6.63. The molecule has 0 fully saturated rings. The van der Waals surface area contributed by atoms with Crippen LogP contribution in [0.4, 0.5) is 4.39 Å². The smallest absolute Gasteiger partial charge is 0.225 e. The lowest BCUT2D eigenvalue weighted by molar-refractivity contribution is -0.112. The van der Waals surface area contributed by atoms with Crippen molar-refractivity contribution in [1.29, 1.82) is 0 Å². The van der Waals surface area contributed by atoms with Crippen molar-refractivity contribution in [2.45, 2.75) is 6.42 Å². The molecule has 0 amide bonds. The molecule has 1 aromatic carbocycles. The number of rotatable bonds is 4. The van der Waals surface area contributed by atoms with Crippen LogP contribution in [0.15, 0.2) is 18.2 Å². The van der Waals surface area contributed by atoms with Crippen LogP contribution in [0.1, 0.15) is 6.42 Å². The van der Waals surface area contributed by atoms with Gasteiger partial charge in [-0.1, -0.05) is 11.6 Å². The molecule has 0 saturated carbocycles. The van der Waals surface area contributed by atoms with Crippen LogP contribution in [0.2, 0.25) is 5.02 Å². The minimum Gasteiger partial charge on any atom is -0.492 e. The SMILES string of the molecule is O=C(Cl)CCOc1ccc(F)cc1Cl. The Kier molecular flexibility index (Phi) is 4.17. The van der Waals surface area contributed by atoms with E-state index in [1.54, 1.807) is 0 Å². The molecule has 0 unspecified atom stereocenters. The third-order valence-corrected chi connectivity index (χ3v) is 1.93. The summed E-state index contributed by atoms with van der Waals surface area (Å²) >= 11 is 10.8. The number of halogens is 3. The molecule has 0 bridgehead atoms. The van der Waals surface area contributed by atoms with Crippen molar-refractivity contribution in [3.05, 3.63) is 29.0 Å². The Morgan fingerprint density at radius 1 is 1.50 bits per heavy atom. The van der Waals surface area contributed by atoms with E-state index in [0.29, 0.717) is 5.75 Å². The second-order valence-electron chi connectivity index (χ2n) is 2.53. The van der Waals surface area contributed by atoms with E-state index in [0.717, 1.165) is 6.07 Å². The van der Waals surface area contributed by atoms with Crippen LogP contribution >= 0.6 is 23.2 Å². The van der Waals surface area contributed by atoms with Gasteiger partial charge in [-0.05, 0) is 29.8 Å². The van der Waals surface area contributed by atoms with E-state index in [2.05, 4.69) is 0 Å². The highest BCUT2D eigenvalue weighted by Crippen LogP contribution is 2.24. The minimum atomic E-state index is -0.483. The first-order chi connectivity index (χ1) is 6.59. The molecule has 1 aromatic rings. The van der Waals surface area contributed by atoms with Crippen LogP contribution in [0.5, 0.6) is 5.75 Å². The van der Waals surface area contributed by atoms with Crippen LogP contribution in [0, 0.1) is 5.82 Å². The van der Waals surface area contributed by atoms with E-state index < -0.39 is 11.1 Å². The van der Waals surface area contributed by atoms with Gasteiger partial charge in [-0.15, -0.1) is 0 Å². The highest BCUT2D eigenvalue weighted by atomic mass is 35.5. The molecule has 0 radical (unpaired) electrons. The molecule has 1 rings (SSSR count). The summed E-state index contributed by atoms with van der Waals surface area (Å²) in [4.78, 5) is 10.4. The van der Waals surface area contributed by atoms with Gasteiger partial charge < -0.3 is 4.74 Å². The Bertz CT molecular complexity index is 342. The van der Waals surface area contributed by atoms with Crippen molar-refractivity contribution in [1.82, 2.24) is 0 Å². The van der Waals surface area contributed by atoms with Crippen LogP contribution in [0.25, 0.3) is 0 Å². The van der Waals surface area contributed by atoms with Crippen LogP contribution in [-0.2, 0) is 4.79 Å². The molecule has 14 heavy (non-hydrogen) atoms. The lowest BCUT2D eigenvalue weighted by Crippen LogP contribution is -2.01. The van der Waals surface area contributed by atoms with Crippen molar-refractivity contribution in [3.63, 3.8) is 0 Å². The summed E-state index contributed by atoms with van der Waals surface area (Å²) in [5.41, 5.74) is 0. The number of carbonyl (C=O) groups is 1. The molecule has 0 aliphatic heterocycles. The van der Waals surface area contributed by atoms with Gasteiger partial charge in [-0.25, -0.2) is 4.39 Å². The number of ether oxygens (including phenoxy) is 1. The van der Waals surface area contributed by atoms with Gasteiger partial charge >= 0.3 is 0 Å². The predicted octanol–water partition coefficient (Wildman–Crippen LogP) is 3.01. The molecular weight excluding hydrogens is 230 g/mol. The Morgan fingerprint density at radius 3 is 2.79 bits per heavy atom. The van der Waals surface area contributed by atoms with E-state index in [-0.39, 0.29) is 18.1 Å². The van der Waals surface area contributed by atoms with Crippen molar-refractivity contribution < 1.29 is 13.9 Å². The number of benzene rings is 1. The summed E-state index contributed by atoms with van der Waals surface area (Å²) in [6.07, 6.45) is 0.0925. The first-order valence-electron chi connectivity index (χ1n) is 3.86. The molecular formula is C9H7Cl2FO2. The summed E-state index contributed by atoms with van der Waals surface area (Å²) in [6, 6.07) is 3.76. The van der Waals surface area contributed by atoms with Gasteiger partial charge in [0.25, 0.3) is 0 Å². The summed E-state index contributed by atoms with van der Waals surface area (Å²) in [7, 11) is 0. The van der Waals surface area contributed by atoms with Gasteiger partial charge in [0.15, 0.2) is 0 Å². The molecule has 76 valence electrons. The van der Waals surface area contributed by atoms with Crippen molar-refractivity contribution >= 4 is 28.4 Å². The molecule has 0 aliphatic rings. The third kappa shape index (κ3) is 3.52. The highest BCUT2D eigenvalue weighted by Gasteiger charge is 2.03. The second-order valence-corrected chi connectivity index (χ2v) is 3.36. The standard InChI is InChI=1S/C9H7Cl2FO2/c10-7-5-6(12)1-2-8(7)14-4-3-9(11)13/h1-2,5H,3-4H2. The van der Waals surface area contributed by atoms with E-state index in [9.17, 15) is 9.18 Å². The maximum absolute atomic E-state index is 12.6. The van der Waals surface area contributed by atoms with Crippen LogP contribution in [-0.4, -0.2) is 11.8 Å². The van der Waals surface area contributed by atoms with Gasteiger partial charge in [0.1, 0.15) is 11.6 Å². The summed E-state index contributed by atoms with van der Waals surface area (Å²) in [6.45, 7) is 0.133. The molecule has 0 atom stereocenters. The van der Waals surface area contributed by atoms with Crippen LogP contribution < -0.4 is 4.74 Å². The molecule has 0 aliphatic carbocycles. The maximum atomic E-state index is 12.6. The molecule has 0 heterocycles.